The summed E-state index contributed by atoms with van der Waals surface area (Å²) in [6.45, 7) is 1.02. The van der Waals surface area contributed by atoms with Crippen LogP contribution in [0.1, 0.15) is 10.4 Å². The Labute approximate surface area is 110 Å². The van der Waals surface area contributed by atoms with E-state index >= 15 is 0 Å². The number of hydrogen-bond donors (Lipinski definition) is 0. The van der Waals surface area contributed by atoms with Gasteiger partial charge in [-0.05, 0) is 37.9 Å². The summed E-state index contributed by atoms with van der Waals surface area (Å²) in [6.07, 6.45) is 1.62. The molecule has 1 amide bonds. The molecule has 0 unspecified atom stereocenters. The molecule has 0 aromatic carbocycles. The molecule has 4 nitrogen and oxygen atoms in total. The Morgan fingerprint density at radius 2 is 2.25 bits per heavy atom. The van der Waals surface area contributed by atoms with Crippen molar-refractivity contribution in [2.45, 2.75) is 0 Å². The molecular formula is C10H7Br2N3O. The van der Waals surface area contributed by atoms with Crippen LogP contribution in [0.15, 0.2) is 21.3 Å². The number of pyridine rings is 1. The molecule has 2 rings (SSSR count). The van der Waals surface area contributed by atoms with Crippen molar-refractivity contribution in [3.63, 3.8) is 0 Å². The number of likely N-dealkylation sites (tertiary alicyclic amines) is 1. The molecule has 0 N–H and O–H groups in total. The van der Waals surface area contributed by atoms with E-state index in [4.69, 9.17) is 5.26 Å². The van der Waals surface area contributed by atoms with Gasteiger partial charge >= 0.3 is 0 Å². The Morgan fingerprint density at radius 1 is 1.56 bits per heavy atom. The maximum absolute atomic E-state index is 12.0. The summed E-state index contributed by atoms with van der Waals surface area (Å²) in [4.78, 5) is 17.7. The van der Waals surface area contributed by atoms with E-state index in [0.717, 1.165) is 4.47 Å². The fourth-order valence-corrected chi connectivity index (χ4v) is 2.19. The highest BCUT2D eigenvalue weighted by Crippen LogP contribution is 2.23. The third-order valence-corrected chi connectivity index (χ3v) is 3.45. The van der Waals surface area contributed by atoms with E-state index in [0.29, 0.717) is 23.3 Å². The van der Waals surface area contributed by atoms with Crippen LogP contribution in [0.4, 0.5) is 0 Å². The number of carbonyl (C=O) groups excluding carboxylic acids is 1. The average molecular weight is 345 g/mol. The number of nitrogens with zero attached hydrogens (tertiary/aromatic N) is 3. The second-order valence-corrected chi connectivity index (χ2v) is 5.19. The topological polar surface area (TPSA) is 57.0 Å². The van der Waals surface area contributed by atoms with Gasteiger partial charge in [0.05, 0.1) is 17.6 Å². The van der Waals surface area contributed by atoms with Gasteiger partial charge in [0, 0.05) is 23.8 Å². The van der Waals surface area contributed by atoms with Crippen LogP contribution in [0.5, 0.6) is 0 Å². The molecule has 1 aliphatic heterocycles. The van der Waals surface area contributed by atoms with Crippen molar-refractivity contribution in [1.29, 1.82) is 5.26 Å². The molecule has 16 heavy (non-hydrogen) atoms. The first-order valence-corrected chi connectivity index (χ1v) is 6.20. The largest absolute Gasteiger partial charge is 0.336 e. The van der Waals surface area contributed by atoms with Gasteiger partial charge in [-0.3, -0.25) is 4.79 Å². The van der Waals surface area contributed by atoms with Crippen LogP contribution >= 0.6 is 31.9 Å². The van der Waals surface area contributed by atoms with Crippen molar-refractivity contribution in [3.8, 4) is 6.07 Å². The van der Waals surface area contributed by atoms with Gasteiger partial charge in [0.25, 0.3) is 5.91 Å². The third kappa shape index (κ3) is 2.11. The number of hydrogen-bond acceptors (Lipinski definition) is 3. The summed E-state index contributed by atoms with van der Waals surface area (Å²) < 4.78 is 1.29. The van der Waals surface area contributed by atoms with Gasteiger partial charge in [-0.1, -0.05) is 0 Å². The lowest BCUT2D eigenvalue weighted by Crippen LogP contribution is -2.49. The molecule has 1 aromatic heterocycles. The van der Waals surface area contributed by atoms with Crippen LogP contribution in [0.3, 0.4) is 0 Å². The summed E-state index contributed by atoms with van der Waals surface area (Å²) in [5.74, 6) is -0.116. The van der Waals surface area contributed by atoms with Crippen LogP contribution in [0, 0.1) is 17.2 Å². The second kappa shape index (κ2) is 4.52. The highest BCUT2D eigenvalue weighted by atomic mass is 79.9. The van der Waals surface area contributed by atoms with Gasteiger partial charge in [0.1, 0.15) is 4.60 Å². The molecule has 2 heterocycles. The Bertz CT molecular complexity index is 477. The van der Waals surface area contributed by atoms with Gasteiger partial charge < -0.3 is 4.90 Å². The summed E-state index contributed by atoms with van der Waals surface area (Å²) in [6, 6.07) is 3.85. The number of nitriles is 1. The van der Waals surface area contributed by atoms with Gasteiger partial charge in [0.2, 0.25) is 0 Å². The Kier molecular flexibility index (Phi) is 3.26. The predicted octanol–water partition coefficient (Wildman–Crippen LogP) is 2.20. The van der Waals surface area contributed by atoms with Crippen molar-refractivity contribution >= 4 is 37.8 Å². The Morgan fingerprint density at radius 3 is 2.88 bits per heavy atom. The van der Waals surface area contributed by atoms with Crippen LogP contribution in [-0.2, 0) is 0 Å². The zero-order valence-electron chi connectivity index (χ0n) is 8.15. The fraction of sp³-hybridized carbons (Fsp3) is 0.300. The fourth-order valence-electron chi connectivity index (χ4n) is 1.47. The summed E-state index contributed by atoms with van der Waals surface area (Å²) in [5, 5.41) is 8.64. The molecule has 1 fully saturated rings. The lowest BCUT2D eigenvalue weighted by molar-refractivity contribution is 0.0575. The highest BCUT2D eigenvalue weighted by molar-refractivity contribution is 9.11. The van der Waals surface area contributed by atoms with Crippen molar-refractivity contribution < 1.29 is 4.79 Å². The number of halogens is 2. The highest BCUT2D eigenvalue weighted by Gasteiger charge is 2.32. The van der Waals surface area contributed by atoms with E-state index in [2.05, 4.69) is 42.9 Å². The maximum atomic E-state index is 12.0. The quantitative estimate of drug-likeness (QED) is 0.734. The standard InChI is InChI=1S/C10H7Br2N3O/c11-7-1-8(9(12)14-3-7)10(16)15-4-6(2-13)5-15/h1,3,6H,4-5H2. The van der Waals surface area contributed by atoms with Crippen molar-refractivity contribution in [3.05, 3.63) is 26.9 Å². The molecule has 0 radical (unpaired) electrons. The second-order valence-electron chi connectivity index (χ2n) is 3.53. The Hall–Kier alpha value is -0.930. The molecule has 0 aliphatic carbocycles. The summed E-state index contributed by atoms with van der Waals surface area (Å²) >= 11 is 6.51. The molecular weight excluding hydrogens is 338 g/mol. The van der Waals surface area contributed by atoms with E-state index in [1.54, 1.807) is 17.2 Å². The maximum Gasteiger partial charge on any atom is 0.256 e. The van der Waals surface area contributed by atoms with Crippen molar-refractivity contribution in [1.82, 2.24) is 9.88 Å². The molecule has 0 atom stereocenters. The average Bonchev–Trinajstić information content (AvgIpc) is 2.20. The predicted molar refractivity (Wildman–Crippen MR) is 64.6 cm³/mol. The zero-order chi connectivity index (χ0) is 11.7. The number of amides is 1. The molecule has 0 bridgehead atoms. The van der Waals surface area contributed by atoms with Gasteiger partial charge in [-0.25, -0.2) is 4.98 Å². The van der Waals surface area contributed by atoms with Crippen LogP contribution in [-0.4, -0.2) is 28.9 Å². The molecule has 1 aromatic rings. The molecule has 6 heteroatoms. The monoisotopic (exact) mass is 343 g/mol. The number of aromatic nitrogens is 1. The van der Waals surface area contributed by atoms with Gasteiger partial charge in [0.15, 0.2) is 0 Å². The molecule has 1 aliphatic rings. The number of carbonyl (C=O) groups is 1. The minimum atomic E-state index is -0.0906. The smallest absolute Gasteiger partial charge is 0.256 e. The lowest BCUT2D eigenvalue weighted by atomic mass is 10.0. The van der Waals surface area contributed by atoms with Crippen molar-refractivity contribution in [2.75, 3.05) is 13.1 Å². The van der Waals surface area contributed by atoms with Crippen LogP contribution < -0.4 is 0 Å². The van der Waals surface area contributed by atoms with Crippen LogP contribution in [0.2, 0.25) is 0 Å². The molecule has 0 spiro atoms. The molecule has 0 saturated carbocycles. The van der Waals surface area contributed by atoms with Crippen molar-refractivity contribution in [2.24, 2.45) is 5.92 Å². The first kappa shape index (κ1) is 11.6. The number of rotatable bonds is 1. The third-order valence-electron chi connectivity index (χ3n) is 2.39. The van der Waals surface area contributed by atoms with Gasteiger partial charge in [-0.15, -0.1) is 0 Å². The minimum Gasteiger partial charge on any atom is -0.336 e. The normalized spacial score (nSPS) is 15.4. The van der Waals surface area contributed by atoms with Crippen LogP contribution in [0.25, 0.3) is 0 Å². The first-order chi connectivity index (χ1) is 7.61. The Balaban J connectivity index is 2.16. The van der Waals surface area contributed by atoms with E-state index in [-0.39, 0.29) is 11.8 Å². The van der Waals surface area contributed by atoms with Gasteiger partial charge in [-0.2, -0.15) is 5.26 Å². The molecule has 1 saturated heterocycles. The summed E-state index contributed by atoms with van der Waals surface area (Å²) in [5.41, 5.74) is 0.519. The SMILES string of the molecule is N#CC1CN(C(=O)c2cc(Br)cnc2Br)C1. The van der Waals surface area contributed by atoms with E-state index in [1.807, 2.05) is 0 Å². The zero-order valence-corrected chi connectivity index (χ0v) is 11.3. The lowest BCUT2D eigenvalue weighted by Gasteiger charge is -2.35. The van der Waals surface area contributed by atoms with E-state index < -0.39 is 0 Å². The minimum absolute atomic E-state index is 0.0252. The molecule has 82 valence electrons. The first-order valence-electron chi connectivity index (χ1n) is 4.61. The van der Waals surface area contributed by atoms with E-state index in [9.17, 15) is 4.79 Å². The van der Waals surface area contributed by atoms with E-state index in [1.165, 1.54) is 0 Å². The summed E-state index contributed by atoms with van der Waals surface area (Å²) in [7, 11) is 0.